The summed E-state index contributed by atoms with van der Waals surface area (Å²) in [4.78, 5) is 24.9. The number of carboxylic acids is 1. The van der Waals surface area contributed by atoms with E-state index >= 15 is 0 Å². The Morgan fingerprint density at radius 1 is 1.25 bits per heavy atom. The minimum atomic E-state index is -0.955. The van der Waals surface area contributed by atoms with Gasteiger partial charge in [-0.15, -0.1) is 0 Å². The van der Waals surface area contributed by atoms with Gasteiger partial charge in [-0.05, 0) is 38.0 Å². The van der Waals surface area contributed by atoms with E-state index in [0.717, 1.165) is 38.0 Å². The molecule has 0 aromatic heterocycles. The van der Waals surface area contributed by atoms with Crippen LogP contribution < -0.4 is 5.32 Å². The van der Waals surface area contributed by atoms with E-state index in [9.17, 15) is 9.59 Å². The molecular formula is C15H28N2O3. The predicted molar refractivity (Wildman–Crippen MR) is 78.7 cm³/mol. The molecule has 2 amide bonds. The van der Waals surface area contributed by atoms with Crippen molar-refractivity contribution in [2.75, 3.05) is 7.05 Å². The Hall–Kier alpha value is -1.26. The fourth-order valence-electron chi connectivity index (χ4n) is 2.90. The molecule has 5 nitrogen and oxygen atoms in total. The van der Waals surface area contributed by atoms with Gasteiger partial charge in [0.15, 0.2) is 0 Å². The molecule has 1 unspecified atom stereocenters. The second kappa shape index (κ2) is 8.12. The zero-order valence-electron chi connectivity index (χ0n) is 12.9. The number of carbonyl (C=O) groups excluding carboxylic acids is 1. The first-order chi connectivity index (χ1) is 9.49. The average Bonchev–Trinajstić information content (AvgIpc) is 2.45. The molecule has 0 aromatic rings. The molecule has 116 valence electrons. The molecule has 1 aliphatic carbocycles. The van der Waals surface area contributed by atoms with Gasteiger partial charge in [0.05, 0.1) is 0 Å². The first-order valence-electron chi connectivity index (χ1n) is 7.75. The lowest BCUT2D eigenvalue weighted by Gasteiger charge is -2.35. The Kier molecular flexibility index (Phi) is 6.82. The molecule has 20 heavy (non-hydrogen) atoms. The van der Waals surface area contributed by atoms with Crippen LogP contribution in [0.25, 0.3) is 0 Å². The van der Waals surface area contributed by atoms with E-state index in [-0.39, 0.29) is 12.1 Å². The molecule has 0 radical (unpaired) electrons. The third-order valence-corrected chi connectivity index (χ3v) is 4.43. The summed E-state index contributed by atoms with van der Waals surface area (Å²) in [6.07, 6.45) is 6.79. The van der Waals surface area contributed by atoms with Crippen LogP contribution in [-0.4, -0.2) is 41.1 Å². The molecule has 0 heterocycles. The number of urea groups is 1. The zero-order valence-corrected chi connectivity index (χ0v) is 12.9. The number of hydrogen-bond acceptors (Lipinski definition) is 2. The molecule has 0 saturated heterocycles. The monoisotopic (exact) mass is 284 g/mol. The number of rotatable bonds is 6. The van der Waals surface area contributed by atoms with E-state index < -0.39 is 12.0 Å². The Bertz CT molecular complexity index is 325. The summed E-state index contributed by atoms with van der Waals surface area (Å²) in [5, 5.41) is 11.7. The zero-order chi connectivity index (χ0) is 15.1. The highest BCUT2D eigenvalue weighted by Crippen LogP contribution is 2.28. The van der Waals surface area contributed by atoms with Crippen LogP contribution >= 0.6 is 0 Å². The van der Waals surface area contributed by atoms with Gasteiger partial charge in [0.2, 0.25) is 0 Å². The Balaban J connectivity index is 2.48. The summed E-state index contributed by atoms with van der Waals surface area (Å²) in [5.74, 6) is -0.169. The fourth-order valence-corrected chi connectivity index (χ4v) is 2.90. The lowest BCUT2D eigenvalue weighted by molar-refractivity contribution is -0.139. The molecule has 1 aliphatic rings. The first kappa shape index (κ1) is 16.8. The van der Waals surface area contributed by atoms with Gasteiger partial charge in [-0.2, -0.15) is 0 Å². The van der Waals surface area contributed by atoms with Gasteiger partial charge < -0.3 is 15.3 Å². The van der Waals surface area contributed by atoms with E-state index in [1.807, 2.05) is 6.92 Å². The minimum absolute atomic E-state index is 0.244. The van der Waals surface area contributed by atoms with E-state index in [1.54, 1.807) is 11.9 Å². The van der Waals surface area contributed by atoms with Gasteiger partial charge in [0.25, 0.3) is 0 Å². The van der Waals surface area contributed by atoms with Gasteiger partial charge in [-0.25, -0.2) is 9.59 Å². The molecule has 1 saturated carbocycles. The van der Waals surface area contributed by atoms with Crippen LogP contribution in [0.15, 0.2) is 0 Å². The Morgan fingerprint density at radius 2 is 1.85 bits per heavy atom. The number of carbonyl (C=O) groups is 2. The molecule has 2 N–H and O–H groups in total. The molecule has 1 fully saturated rings. The second-order valence-electron chi connectivity index (χ2n) is 5.82. The van der Waals surface area contributed by atoms with Crippen LogP contribution in [0, 0.1) is 5.92 Å². The van der Waals surface area contributed by atoms with Crippen molar-refractivity contribution < 1.29 is 14.7 Å². The van der Waals surface area contributed by atoms with Gasteiger partial charge in [0.1, 0.15) is 6.04 Å². The minimum Gasteiger partial charge on any atom is -0.480 e. The highest BCUT2D eigenvalue weighted by atomic mass is 16.4. The quantitative estimate of drug-likeness (QED) is 0.788. The van der Waals surface area contributed by atoms with Crippen LogP contribution in [0.5, 0.6) is 0 Å². The third-order valence-electron chi connectivity index (χ3n) is 4.43. The van der Waals surface area contributed by atoms with Crippen molar-refractivity contribution in [1.82, 2.24) is 10.2 Å². The number of nitrogens with one attached hydrogen (secondary N) is 1. The SMILES string of the molecule is CCCC(NC(=O)N(C)C1CCC(CC)CC1)C(=O)O. The molecular weight excluding hydrogens is 256 g/mol. The molecule has 1 rings (SSSR count). The summed E-state index contributed by atoms with van der Waals surface area (Å²) in [5.41, 5.74) is 0. The molecule has 0 bridgehead atoms. The van der Waals surface area contributed by atoms with Crippen LogP contribution in [0.4, 0.5) is 4.79 Å². The number of hydrogen-bond donors (Lipinski definition) is 2. The van der Waals surface area contributed by atoms with Crippen molar-refractivity contribution in [1.29, 1.82) is 0 Å². The third kappa shape index (κ3) is 4.69. The van der Waals surface area contributed by atoms with E-state index in [1.165, 1.54) is 6.42 Å². The van der Waals surface area contributed by atoms with Gasteiger partial charge in [-0.1, -0.05) is 26.7 Å². The maximum absolute atomic E-state index is 12.1. The maximum Gasteiger partial charge on any atom is 0.326 e. The van der Waals surface area contributed by atoms with Crippen LogP contribution in [0.2, 0.25) is 0 Å². The maximum atomic E-state index is 12.1. The molecule has 5 heteroatoms. The molecule has 1 atom stereocenters. The molecule has 0 aromatic carbocycles. The Morgan fingerprint density at radius 3 is 2.30 bits per heavy atom. The topological polar surface area (TPSA) is 69.6 Å². The number of nitrogens with zero attached hydrogens (tertiary/aromatic N) is 1. The lowest BCUT2D eigenvalue weighted by atomic mass is 9.84. The lowest BCUT2D eigenvalue weighted by Crippen LogP contribution is -2.50. The van der Waals surface area contributed by atoms with Gasteiger partial charge in [-0.3, -0.25) is 0 Å². The largest absolute Gasteiger partial charge is 0.480 e. The predicted octanol–water partition coefficient (Wildman–Crippen LogP) is 2.85. The normalized spacial score (nSPS) is 23.9. The highest BCUT2D eigenvalue weighted by Gasteiger charge is 2.28. The number of carboxylic acid groups (broad SMARTS) is 1. The average molecular weight is 284 g/mol. The molecule has 0 spiro atoms. The van der Waals surface area contributed by atoms with Crippen LogP contribution in [-0.2, 0) is 4.79 Å². The smallest absolute Gasteiger partial charge is 0.326 e. The van der Waals surface area contributed by atoms with Crippen molar-refractivity contribution in [2.45, 2.75) is 70.9 Å². The van der Waals surface area contributed by atoms with Gasteiger partial charge in [0, 0.05) is 13.1 Å². The summed E-state index contributed by atoms with van der Waals surface area (Å²) in [7, 11) is 1.77. The van der Waals surface area contributed by atoms with E-state index in [4.69, 9.17) is 5.11 Å². The van der Waals surface area contributed by atoms with Crippen LogP contribution in [0.1, 0.15) is 58.8 Å². The number of amides is 2. The van der Waals surface area contributed by atoms with Crippen molar-refractivity contribution in [3.8, 4) is 0 Å². The summed E-state index contributed by atoms with van der Waals surface area (Å²) in [6.45, 7) is 4.13. The van der Waals surface area contributed by atoms with Gasteiger partial charge >= 0.3 is 12.0 Å². The summed E-state index contributed by atoms with van der Waals surface area (Å²) in [6, 6.07) is -0.790. The van der Waals surface area contributed by atoms with Crippen molar-refractivity contribution in [3.63, 3.8) is 0 Å². The highest BCUT2D eigenvalue weighted by molar-refractivity contribution is 5.82. The van der Waals surface area contributed by atoms with Crippen molar-refractivity contribution in [3.05, 3.63) is 0 Å². The number of aliphatic carboxylic acids is 1. The summed E-state index contributed by atoms with van der Waals surface area (Å²) >= 11 is 0. The summed E-state index contributed by atoms with van der Waals surface area (Å²) < 4.78 is 0. The Labute approximate surface area is 121 Å². The van der Waals surface area contributed by atoms with E-state index in [2.05, 4.69) is 12.2 Å². The van der Waals surface area contributed by atoms with Crippen molar-refractivity contribution in [2.24, 2.45) is 5.92 Å². The van der Waals surface area contributed by atoms with Crippen LogP contribution in [0.3, 0.4) is 0 Å². The first-order valence-corrected chi connectivity index (χ1v) is 7.75. The standard InChI is InChI=1S/C15H28N2O3/c1-4-6-13(14(18)19)16-15(20)17(3)12-9-7-11(5-2)8-10-12/h11-13H,4-10H2,1-3H3,(H,16,20)(H,18,19). The molecule has 0 aliphatic heterocycles. The van der Waals surface area contributed by atoms with E-state index in [0.29, 0.717) is 6.42 Å². The van der Waals surface area contributed by atoms with Crippen molar-refractivity contribution >= 4 is 12.0 Å². The second-order valence-corrected chi connectivity index (χ2v) is 5.82. The fraction of sp³-hybridized carbons (Fsp3) is 0.867.